The molecule has 1 aliphatic carbocycles. The third-order valence-corrected chi connectivity index (χ3v) is 9.80. The summed E-state index contributed by atoms with van der Waals surface area (Å²) in [5.74, 6) is 0. The minimum Gasteiger partial charge on any atom is -1.00 e. The van der Waals surface area contributed by atoms with E-state index in [1.165, 1.54) is 82.0 Å². The molecule has 7 rings (SSSR count). The number of rotatable bonds is 2. The fourth-order valence-corrected chi connectivity index (χ4v) is 6.65. The Bertz CT molecular complexity index is 1950. The minimum absolute atomic E-state index is 0. The summed E-state index contributed by atoms with van der Waals surface area (Å²) in [6.07, 6.45) is 10.0. The SMILES string of the molecule is CC(C)(C)c1ccc2c(c1)[cH-]c1cc(C(C)(C)C)ccc12.Clc1cccc([C](=[Zr+2])c2cccc3ccccc23)c1.[C-]1=CC=CC1.[Cl-].[Cl-]. The van der Waals surface area contributed by atoms with Crippen LogP contribution in [0.1, 0.15) is 70.2 Å². The van der Waals surface area contributed by atoms with Crippen molar-refractivity contribution >= 4 is 47.1 Å². The first-order valence-corrected chi connectivity index (χ1v) is 17.2. The largest absolute Gasteiger partial charge is 1.00 e. The monoisotopic (exact) mass is 752 g/mol. The van der Waals surface area contributed by atoms with Crippen LogP contribution in [0.2, 0.25) is 5.02 Å². The molecular formula is C43H41Cl3Zr-2. The molecule has 0 spiro atoms. The number of hydrogen-bond donors (Lipinski definition) is 0. The van der Waals surface area contributed by atoms with E-state index in [4.69, 9.17) is 11.6 Å². The summed E-state index contributed by atoms with van der Waals surface area (Å²) in [5.41, 5.74) is 5.73. The van der Waals surface area contributed by atoms with Gasteiger partial charge in [-0.3, -0.25) is 6.08 Å². The minimum atomic E-state index is 0. The normalized spacial score (nSPS) is 12.1. The van der Waals surface area contributed by atoms with Crippen LogP contribution in [0.15, 0.2) is 127 Å². The van der Waals surface area contributed by atoms with Crippen LogP contribution in [0.4, 0.5) is 0 Å². The Morgan fingerprint density at radius 1 is 0.681 bits per heavy atom. The van der Waals surface area contributed by atoms with Gasteiger partial charge in [-0.1, -0.05) is 76.9 Å². The first-order valence-electron chi connectivity index (χ1n) is 15.6. The zero-order valence-corrected chi connectivity index (χ0v) is 32.7. The molecule has 0 radical (unpaired) electrons. The first kappa shape index (κ1) is 38.8. The Morgan fingerprint density at radius 3 is 1.77 bits per heavy atom. The van der Waals surface area contributed by atoms with Crippen LogP contribution in [-0.2, 0) is 35.1 Å². The fourth-order valence-electron chi connectivity index (χ4n) is 5.54. The molecule has 6 aromatic rings. The van der Waals surface area contributed by atoms with E-state index < -0.39 is 0 Å². The molecule has 0 N–H and O–H groups in total. The zero-order valence-electron chi connectivity index (χ0n) is 28.0. The van der Waals surface area contributed by atoms with Crippen molar-refractivity contribution < 1.29 is 49.0 Å². The van der Waals surface area contributed by atoms with Gasteiger partial charge in [0.2, 0.25) is 0 Å². The summed E-state index contributed by atoms with van der Waals surface area (Å²) in [5, 5.41) is 8.85. The van der Waals surface area contributed by atoms with Gasteiger partial charge in [0.1, 0.15) is 0 Å². The molecule has 0 aliphatic heterocycles. The summed E-state index contributed by atoms with van der Waals surface area (Å²) in [7, 11) is 0. The van der Waals surface area contributed by atoms with E-state index >= 15 is 0 Å². The molecule has 0 bridgehead atoms. The van der Waals surface area contributed by atoms with Gasteiger partial charge in [-0.25, -0.2) is 12.2 Å². The van der Waals surface area contributed by atoms with Crippen LogP contribution in [0.25, 0.3) is 32.3 Å². The maximum Gasteiger partial charge on any atom is -0.109 e. The maximum atomic E-state index is 6.09. The molecular weight excluding hydrogens is 714 g/mol. The molecule has 0 unspecified atom stereocenters. The van der Waals surface area contributed by atoms with Crippen molar-refractivity contribution in [3.05, 3.63) is 161 Å². The Balaban J connectivity index is 0.000000215. The third kappa shape index (κ3) is 9.71. The first-order chi connectivity index (χ1) is 21.4. The fraction of sp³-hybridized carbons (Fsp3) is 0.209. The molecule has 0 heterocycles. The standard InChI is InChI=1S/C21H25.C17H11Cl.C5H5.2ClH.Zr/c1-20(2,3)16-7-9-18-14(12-16)11-15-13-17(21(4,5)6)8-10-19(15)18;18-16-9-3-5-13(12-16)11-15-8-4-7-14-6-1-2-10-17(14)15;1-2-4-5-3-1;;;/h7-13H,1-6H3;1-10,12H;1-3H,4H2;2*1H;/q-1;;-1;;;+2/p-2. The van der Waals surface area contributed by atoms with Gasteiger partial charge in [-0.2, -0.15) is 6.08 Å². The van der Waals surface area contributed by atoms with E-state index in [0.29, 0.717) is 0 Å². The van der Waals surface area contributed by atoms with Crippen molar-refractivity contribution in [3.63, 3.8) is 0 Å². The molecule has 6 aromatic carbocycles. The number of benzene rings is 5. The van der Waals surface area contributed by atoms with Crippen LogP contribution in [0.5, 0.6) is 0 Å². The van der Waals surface area contributed by atoms with Gasteiger partial charge in [0, 0.05) is 0 Å². The molecule has 1 aliphatic rings. The van der Waals surface area contributed by atoms with Crippen molar-refractivity contribution in [1.82, 2.24) is 0 Å². The van der Waals surface area contributed by atoms with Crippen molar-refractivity contribution in [2.24, 2.45) is 0 Å². The Hall–Kier alpha value is -2.67. The Labute approximate surface area is 313 Å². The molecule has 0 saturated heterocycles. The average molecular weight is 755 g/mol. The topological polar surface area (TPSA) is 0 Å². The zero-order chi connectivity index (χ0) is 32.2. The second-order valence-corrected chi connectivity index (χ2v) is 15.3. The van der Waals surface area contributed by atoms with Gasteiger partial charge in [0.25, 0.3) is 0 Å². The van der Waals surface area contributed by atoms with Gasteiger partial charge >= 0.3 is 133 Å². The Morgan fingerprint density at radius 2 is 1.26 bits per heavy atom. The predicted molar refractivity (Wildman–Crippen MR) is 195 cm³/mol. The van der Waals surface area contributed by atoms with E-state index in [0.717, 1.165) is 11.4 Å². The maximum absolute atomic E-state index is 6.09. The molecule has 0 nitrogen and oxygen atoms in total. The van der Waals surface area contributed by atoms with E-state index in [1.807, 2.05) is 30.4 Å². The van der Waals surface area contributed by atoms with Crippen molar-refractivity contribution in [2.45, 2.75) is 58.8 Å². The number of allylic oxidation sites excluding steroid dienone is 4. The van der Waals surface area contributed by atoms with Gasteiger partial charge in [-0.15, -0.1) is 46.2 Å². The summed E-state index contributed by atoms with van der Waals surface area (Å²) in [6.45, 7) is 13.6. The second kappa shape index (κ2) is 16.6. The summed E-state index contributed by atoms with van der Waals surface area (Å²) in [4.78, 5) is 0. The van der Waals surface area contributed by atoms with Crippen LogP contribution in [0.3, 0.4) is 0 Å². The van der Waals surface area contributed by atoms with Crippen molar-refractivity contribution in [1.29, 1.82) is 0 Å². The number of hydrogen-bond acceptors (Lipinski definition) is 0. The van der Waals surface area contributed by atoms with E-state index in [9.17, 15) is 0 Å². The van der Waals surface area contributed by atoms with Gasteiger partial charge < -0.3 is 24.8 Å². The van der Waals surface area contributed by atoms with Crippen molar-refractivity contribution in [3.8, 4) is 0 Å². The van der Waals surface area contributed by atoms with Crippen LogP contribution < -0.4 is 24.8 Å². The van der Waals surface area contributed by atoms with Gasteiger partial charge in [0.15, 0.2) is 0 Å². The molecule has 47 heavy (non-hydrogen) atoms. The van der Waals surface area contributed by atoms with Gasteiger partial charge in [-0.05, 0) is 10.8 Å². The quantitative estimate of drug-likeness (QED) is 0.184. The predicted octanol–water partition coefficient (Wildman–Crippen LogP) is 6.23. The van der Waals surface area contributed by atoms with E-state index in [2.05, 4.69) is 145 Å². The number of halogens is 3. The van der Waals surface area contributed by atoms with Crippen LogP contribution in [-0.4, -0.2) is 3.21 Å². The van der Waals surface area contributed by atoms with E-state index in [1.54, 1.807) is 0 Å². The third-order valence-electron chi connectivity index (χ3n) is 8.19. The molecule has 4 heteroatoms. The second-order valence-electron chi connectivity index (χ2n) is 13.7. The molecule has 0 aromatic heterocycles. The summed E-state index contributed by atoms with van der Waals surface area (Å²) >= 11 is 7.49. The summed E-state index contributed by atoms with van der Waals surface area (Å²) in [6, 6.07) is 39.2. The molecule has 0 atom stereocenters. The van der Waals surface area contributed by atoms with E-state index in [-0.39, 0.29) is 35.6 Å². The average Bonchev–Trinajstić information content (AvgIpc) is 3.71. The molecule has 0 saturated carbocycles. The summed E-state index contributed by atoms with van der Waals surface area (Å²) < 4.78 is 1.34. The van der Waals surface area contributed by atoms with Crippen LogP contribution >= 0.6 is 11.6 Å². The van der Waals surface area contributed by atoms with Gasteiger partial charge in [0.05, 0.1) is 0 Å². The number of fused-ring (bicyclic) bond motifs is 4. The molecule has 0 amide bonds. The smallest absolute Gasteiger partial charge is 0.109 e. The molecule has 240 valence electrons. The molecule has 0 fully saturated rings. The Kier molecular flexibility index (Phi) is 13.7. The van der Waals surface area contributed by atoms with Crippen LogP contribution in [0, 0.1) is 6.08 Å². The van der Waals surface area contributed by atoms with Crippen molar-refractivity contribution in [2.75, 3.05) is 0 Å².